The van der Waals surface area contributed by atoms with Gasteiger partial charge in [0.2, 0.25) is 0 Å². The number of rotatable bonds is 1. The van der Waals surface area contributed by atoms with Crippen molar-refractivity contribution in [2.75, 3.05) is 13.2 Å². The van der Waals surface area contributed by atoms with Crippen molar-refractivity contribution in [3.8, 4) is 0 Å². The standard InChI is InChI=1S/C8H14O2/c1-4-8(9)6-10-5-7(8,2)3/h4,9H,1,5-6H2,2-3H3. The van der Waals surface area contributed by atoms with Gasteiger partial charge in [-0.1, -0.05) is 19.9 Å². The van der Waals surface area contributed by atoms with Crippen LogP contribution in [0.15, 0.2) is 12.7 Å². The normalized spacial score (nSPS) is 37.9. The second kappa shape index (κ2) is 2.07. The van der Waals surface area contributed by atoms with Gasteiger partial charge in [-0.3, -0.25) is 0 Å². The molecule has 1 aliphatic heterocycles. The minimum atomic E-state index is -0.826. The van der Waals surface area contributed by atoms with Crippen molar-refractivity contribution >= 4 is 0 Å². The van der Waals surface area contributed by atoms with Crippen molar-refractivity contribution in [3.63, 3.8) is 0 Å². The fourth-order valence-electron chi connectivity index (χ4n) is 1.12. The lowest BCUT2D eigenvalue weighted by atomic mass is 9.78. The molecule has 0 bridgehead atoms. The Hall–Kier alpha value is -0.340. The van der Waals surface area contributed by atoms with Crippen molar-refractivity contribution in [1.82, 2.24) is 0 Å². The average Bonchev–Trinajstić information content (AvgIpc) is 2.10. The van der Waals surface area contributed by atoms with Gasteiger partial charge < -0.3 is 9.84 Å². The number of aliphatic hydroxyl groups is 1. The Morgan fingerprint density at radius 3 is 2.30 bits per heavy atom. The summed E-state index contributed by atoms with van der Waals surface area (Å²) >= 11 is 0. The van der Waals surface area contributed by atoms with Crippen LogP contribution in [0.4, 0.5) is 0 Å². The van der Waals surface area contributed by atoms with E-state index >= 15 is 0 Å². The fourth-order valence-corrected chi connectivity index (χ4v) is 1.12. The molecule has 1 atom stereocenters. The predicted octanol–water partition coefficient (Wildman–Crippen LogP) is 0.960. The third-order valence-corrected chi connectivity index (χ3v) is 2.29. The van der Waals surface area contributed by atoms with Gasteiger partial charge in [-0.15, -0.1) is 6.58 Å². The van der Waals surface area contributed by atoms with Crippen LogP contribution in [0, 0.1) is 5.41 Å². The first-order valence-corrected chi connectivity index (χ1v) is 3.45. The van der Waals surface area contributed by atoms with E-state index in [0.717, 1.165) is 0 Å². The van der Waals surface area contributed by atoms with E-state index < -0.39 is 5.60 Å². The summed E-state index contributed by atoms with van der Waals surface area (Å²) in [5.41, 5.74) is -1.01. The minimum absolute atomic E-state index is 0.186. The summed E-state index contributed by atoms with van der Waals surface area (Å²) < 4.78 is 5.14. The fraction of sp³-hybridized carbons (Fsp3) is 0.750. The molecule has 1 aliphatic rings. The lowest BCUT2D eigenvalue weighted by Gasteiger charge is -2.30. The molecule has 0 aromatic heterocycles. The third-order valence-electron chi connectivity index (χ3n) is 2.29. The van der Waals surface area contributed by atoms with E-state index in [2.05, 4.69) is 6.58 Å². The van der Waals surface area contributed by atoms with Crippen LogP contribution < -0.4 is 0 Å². The molecule has 1 heterocycles. The van der Waals surface area contributed by atoms with Crippen LogP contribution in [0.3, 0.4) is 0 Å². The van der Waals surface area contributed by atoms with Gasteiger partial charge >= 0.3 is 0 Å². The molecule has 0 radical (unpaired) electrons. The maximum absolute atomic E-state index is 9.78. The van der Waals surface area contributed by atoms with Crippen LogP contribution in [0.25, 0.3) is 0 Å². The van der Waals surface area contributed by atoms with Gasteiger partial charge in [0.05, 0.1) is 13.2 Å². The summed E-state index contributed by atoms with van der Waals surface area (Å²) in [7, 11) is 0. The second-order valence-electron chi connectivity index (χ2n) is 3.51. The molecule has 2 nitrogen and oxygen atoms in total. The lowest BCUT2D eigenvalue weighted by molar-refractivity contribution is 0.0140. The summed E-state index contributed by atoms with van der Waals surface area (Å²) in [6, 6.07) is 0. The molecule has 1 N–H and O–H groups in total. The Labute approximate surface area is 61.5 Å². The van der Waals surface area contributed by atoms with Gasteiger partial charge in [0.25, 0.3) is 0 Å². The molecule has 0 aliphatic carbocycles. The van der Waals surface area contributed by atoms with E-state index in [1.54, 1.807) is 6.08 Å². The maximum Gasteiger partial charge on any atom is 0.113 e. The first kappa shape index (κ1) is 7.76. The van der Waals surface area contributed by atoms with Crippen LogP contribution in [-0.4, -0.2) is 23.9 Å². The Morgan fingerprint density at radius 2 is 2.10 bits per heavy atom. The Balaban J connectivity index is 2.85. The molecule has 0 saturated carbocycles. The highest BCUT2D eigenvalue weighted by Crippen LogP contribution is 2.37. The van der Waals surface area contributed by atoms with Crippen molar-refractivity contribution < 1.29 is 9.84 Å². The highest BCUT2D eigenvalue weighted by molar-refractivity contribution is 5.08. The maximum atomic E-state index is 9.78. The first-order valence-electron chi connectivity index (χ1n) is 3.45. The zero-order valence-electron chi connectivity index (χ0n) is 6.55. The van der Waals surface area contributed by atoms with E-state index in [9.17, 15) is 5.11 Å². The van der Waals surface area contributed by atoms with E-state index in [0.29, 0.717) is 13.2 Å². The van der Waals surface area contributed by atoms with Crippen LogP contribution in [0.1, 0.15) is 13.8 Å². The molecule has 10 heavy (non-hydrogen) atoms. The van der Waals surface area contributed by atoms with Gasteiger partial charge in [-0.25, -0.2) is 0 Å². The second-order valence-corrected chi connectivity index (χ2v) is 3.51. The zero-order chi connectivity index (χ0) is 7.83. The van der Waals surface area contributed by atoms with Gasteiger partial charge in [-0.05, 0) is 0 Å². The molecule has 1 saturated heterocycles. The van der Waals surface area contributed by atoms with Crippen molar-refractivity contribution in [3.05, 3.63) is 12.7 Å². The van der Waals surface area contributed by atoms with E-state index in [1.807, 2.05) is 13.8 Å². The quantitative estimate of drug-likeness (QED) is 0.552. The Morgan fingerprint density at radius 1 is 1.50 bits per heavy atom. The van der Waals surface area contributed by atoms with Crippen molar-refractivity contribution in [2.45, 2.75) is 19.4 Å². The SMILES string of the molecule is C=CC1(O)COCC1(C)C. The summed E-state index contributed by atoms with van der Waals surface area (Å²) in [6.07, 6.45) is 1.57. The zero-order valence-corrected chi connectivity index (χ0v) is 6.55. The smallest absolute Gasteiger partial charge is 0.113 e. The average molecular weight is 142 g/mol. The largest absolute Gasteiger partial charge is 0.383 e. The monoisotopic (exact) mass is 142 g/mol. The first-order chi connectivity index (χ1) is 4.52. The molecule has 0 amide bonds. The van der Waals surface area contributed by atoms with Crippen LogP contribution in [0.2, 0.25) is 0 Å². The number of ether oxygens (including phenoxy) is 1. The molecule has 0 spiro atoms. The van der Waals surface area contributed by atoms with E-state index in [-0.39, 0.29) is 5.41 Å². The lowest BCUT2D eigenvalue weighted by Crippen LogP contribution is -2.41. The topological polar surface area (TPSA) is 29.5 Å². The van der Waals surface area contributed by atoms with E-state index in [1.165, 1.54) is 0 Å². The highest BCUT2D eigenvalue weighted by Gasteiger charge is 2.46. The third kappa shape index (κ3) is 0.879. The van der Waals surface area contributed by atoms with Crippen LogP contribution >= 0.6 is 0 Å². The molecule has 0 aromatic carbocycles. The summed E-state index contributed by atoms with van der Waals surface area (Å²) in [4.78, 5) is 0. The van der Waals surface area contributed by atoms with Gasteiger partial charge in [0.15, 0.2) is 0 Å². The van der Waals surface area contributed by atoms with Crippen LogP contribution in [0.5, 0.6) is 0 Å². The van der Waals surface area contributed by atoms with Gasteiger partial charge in [-0.2, -0.15) is 0 Å². The Bertz CT molecular complexity index is 151. The van der Waals surface area contributed by atoms with E-state index in [4.69, 9.17) is 4.74 Å². The molecule has 0 aromatic rings. The molecule has 1 fully saturated rings. The molecule has 58 valence electrons. The molecule has 2 heteroatoms. The minimum Gasteiger partial charge on any atom is -0.383 e. The van der Waals surface area contributed by atoms with Gasteiger partial charge in [0.1, 0.15) is 5.60 Å². The Kier molecular flexibility index (Phi) is 1.61. The predicted molar refractivity (Wildman–Crippen MR) is 39.7 cm³/mol. The molecular formula is C8H14O2. The van der Waals surface area contributed by atoms with Crippen molar-refractivity contribution in [1.29, 1.82) is 0 Å². The number of hydrogen-bond acceptors (Lipinski definition) is 2. The molecule has 1 unspecified atom stereocenters. The number of hydrogen-bond donors (Lipinski definition) is 1. The van der Waals surface area contributed by atoms with Crippen molar-refractivity contribution in [2.24, 2.45) is 5.41 Å². The molecular weight excluding hydrogens is 128 g/mol. The van der Waals surface area contributed by atoms with Crippen LogP contribution in [-0.2, 0) is 4.74 Å². The summed E-state index contributed by atoms with van der Waals surface area (Å²) in [5, 5.41) is 9.78. The summed E-state index contributed by atoms with van der Waals surface area (Å²) in [6.45, 7) is 8.51. The highest BCUT2D eigenvalue weighted by atomic mass is 16.5. The molecule has 1 rings (SSSR count). The summed E-state index contributed by atoms with van der Waals surface area (Å²) in [5.74, 6) is 0. The van der Waals surface area contributed by atoms with Gasteiger partial charge in [0, 0.05) is 5.41 Å².